The van der Waals surface area contributed by atoms with Crippen molar-refractivity contribution < 1.29 is 18.6 Å². The third-order valence-corrected chi connectivity index (χ3v) is 4.79. The first-order valence-electron chi connectivity index (χ1n) is 5.66. The molecule has 0 atom stereocenters. The molecule has 0 heterocycles. The zero-order valence-electron chi connectivity index (χ0n) is 10.6. The van der Waals surface area contributed by atoms with Crippen molar-refractivity contribution in [3.8, 4) is 11.5 Å². The van der Waals surface area contributed by atoms with Crippen molar-refractivity contribution in [3.05, 3.63) is 47.5 Å². The van der Waals surface area contributed by atoms with Crippen LogP contribution in [0.4, 0.5) is 0 Å². The molecule has 0 aliphatic rings. The highest BCUT2D eigenvalue weighted by Crippen LogP contribution is 2.31. The van der Waals surface area contributed by atoms with E-state index in [0.29, 0.717) is 5.56 Å². The molecule has 0 radical (unpaired) electrons. The van der Waals surface area contributed by atoms with E-state index in [1.807, 2.05) is 6.92 Å². The summed E-state index contributed by atoms with van der Waals surface area (Å²) in [7, 11) is -3.70. The van der Waals surface area contributed by atoms with Crippen LogP contribution in [0.1, 0.15) is 11.1 Å². The highest BCUT2D eigenvalue weighted by atomic mass is 32.2. The number of aryl methyl sites for hydroxylation is 2. The van der Waals surface area contributed by atoms with E-state index in [-0.39, 0.29) is 15.5 Å². The minimum absolute atomic E-state index is 0.0465. The lowest BCUT2D eigenvalue weighted by molar-refractivity contribution is 0.402. The van der Waals surface area contributed by atoms with Gasteiger partial charge in [0.25, 0.3) is 0 Å². The van der Waals surface area contributed by atoms with Gasteiger partial charge in [0.15, 0.2) is 11.5 Å². The van der Waals surface area contributed by atoms with Gasteiger partial charge in [-0.2, -0.15) is 0 Å². The molecule has 0 saturated heterocycles. The summed E-state index contributed by atoms with van der Waals surface area (Å²) in [6, 6.07) is 8.52. The van der Waals surface area contributed by atoms with Crippen molar-refractivity contribution in [2.45, 2.75) is 23.6 Å². The van der Waals surface area contributed by atoms with E-state index in [1.54, 1.807) is 25.1 Å². The van der Waals surface area contributed by atoms with Gasteiger partial charge < -0.3 is 10.2 Å². The second kappa shape index (κ2) is 4.59. The number of hydrogen-bond donors (Lipinski definition) is 2. The van der Waals surface area contributed by atoms with Crippen molar-refractivity contribution in [3.63, 3.8) is 0 Å². The first kappa shape index (κ1) is 13.4. The van der Waals surface area contributed by atoms with Crippen LogP contribution >= 0.6 is 0 Å². The van der Waals surface area contributed by atoms with Crippen molar-refractivity contribution in [2.75, 3.05) is 0 Å². The quantitative estimate of drug-likeness (QED) is 0.828. The topological polar surface area (TPSA) is 74.6 Å². The molecule has 0 unspecified atom stereocenters. The fourth-order valence-electron chi connectivity index (χ4n) is 1.90. The van der Waals surface area contributed by atoms with Gasteiger partial charge in [0.2, 0.25) is 9.84 Å². The summed E-state index contributed by atoms with van der Waals surface area (Å²) in [5.41, 5.74) is 1.62. The number of aromatic hydroxyl groups is 2. The van der Waals surface area contributed by atoms with Gasteiger partial charge in [-0.3, -0.25) is 0 Å². The Morgan fingerprint density at radius 3 is 2.16 bits per heavy atom. The number of phenolic OH excluding ortho intramolecular Hbond substituents is 2. The summed E-state index contributed by atoms with van der Waals surface area (Å²) in [5, 5.41) is 18.6. The van der Waals surface area contributed by atoms with Crippen molar-refractivity contribution >= 4 is 9.84 Å². The molecule has 2 N–H and O–H groups in total. The van der Waals surface area contributed by atoms with Gasteiger partial charge in [-0.25, -0.2) is 8.42 Å². The monoisotopic (exact) mass is 278 g/mol. The van der Waals surface area contributed by atoms with Gasteiger partial charge in [-0.05, 0) is 37.6 Å². The molecule has 2 aromatic carbocycles. The first-order valence-corrected chi connectivity index (χ1v) is 7.15. The average molecular weight is 278 g/mol. The summed E-state index contributed by atoms with van der Waals surface area (Å²) in [6.07, 6.45) is 0. The molecule has 0 aliphatic carbocycles. The van der Waals surface area contributed by atoms with Crippen molar-refractivity contribution in [1.29, 1.82) is 0 Å². The summed E-state index contributed by atoms with van der Waals surface area (Å²) in [4.78, 5) is 0.151. The molecule has 0 fully saturated rings. The second-order valence-electron chi connectivity index (χ2n) is 4.42. The minimum Gasteiger partial charge on any atom is -0.504 e. The lowest BCUT2D eigenvalue weighted by atomic mass is 10.2. The molecular formula is C14H14O4S. The number of phenols is 2. The molecule has 0 saturated carbocycles. The molecule has 2 rings (SSSR count). The largest absolute Gasteiger partial charge is 0.504 e. The normalized spacial score (nSPS) is 11.5. The van der Waals surface area contributed by atoms with Crippen LogP contribution in [-0.2, 0) is 9.84 Å². The number of sulfone groups is 1. The van der Waals surface area contributed by atoms with Gasteiger partial charge in [0.1, 0.15) is 0 Å². The Bertz CT molecular complexity index is 733. The van der Waals surface area contributed by atoms with Crippen molar-refractivity contribution in [1.82, 2.24) is 0 Å². The number of benzene rings is 2. The molecule has 0 amide bonds. The fourth-order valence-corrected chi connectivity index (χ4v) is 3.40. The van der Waals surface area contributed by atoms with Crippen molar-refractivity contribution in [2.24, 2.45) is 0 Å². The lowest BCUT2D eigenvalue weighted by Gasteiger charge is -2.09. The SMILES string of the molecule is Cc1ccc(S(=O)(=O)c2ccc(O)c(O)c2)c(C)c1. The molecule has 19 heavy (non-hydrogen) atoms. The van der Waals surface area contributed by atoms with Crippen LogP contribution in [0, 0.1) is 13.8 Å². The maximum Gasteiger partial charge on any atom is 0.206 e. The Balaban J connectivity index is 2.62. The molecule has 2 aromatic rings. The van der Waals surface area contributed by atoms with Crippen LogP contribution in [0.2, 0.25) is 0 Å². The average Bonchev–Trinajstić information content (AvgIpc) is 2.32. The second-order valence-corrected chi connectivity index (χ2v) is 6.34. The Kier molecular flexibility index (Phi) is 3.24. The van der Waals surface area contributed by atoms with Crippen LogP contribution in [0.25, 0.3) is 0 Å². The molecule has 0 bridgehead atoms. The maximum atomic E-state index is 12.4. The summed E-state index contributed by atoms with van der Waals surface area (Å²) >= 11 is 0. The number of hydrogen-bond acceptors (Lipinski definition) is 4. The van der Waals surface area contributed by atoms with Crippen LogP contribution in [-0.4, -0.2) is 18.6 Å². The lowest BCUT2D eigenvalue weighted by Crippen LogP contribution is -2.04. The molecule has 0 aliphatic heterocycles. The third-order valence-electron chi connectivity index (χ3n) is 2.88. The predicted octanol–water partition coefficient (Wildman–Crippen LogP) is 2.55. The van der Waals surface area contributed by atoms with Gasteiger partial charge in [0, 0.05) is 6.07 Å². The van der Waals surface area contributed by atoms with Gasteiger partial charge in [0.05, 0.1) is 9.79 Å². The molecule has 5 heteroatoms. The standard InChI is InChI=1S/C14H14O4S/c1-9-3-6-14(10(2)7-9)19(17,18)11-4-5-12(15)13(16)8-11/h3-8,15-16H,1-2H3. The maximum absolute atomic E-state index is 12.4. The predicted molar refractivity (Wildman–Crippen MR) is 71.1 cm³/mol. The Morgan fingerprint density at radius 2 is 1.58 bits per heavy atom. The molecule has 0 spiro atoms. The minimum atomic E-state index is -3.70. The first-order chi connectivity index (χ1) is 8.82. The van der Waals surface area contributed by atoms with E-state index in [0.717, 1.165) is 17.7 Å². The van der Waals surface area contributed by atoms with Crippen LogP contribution in [0.5, 0.6) is 11.5 Å². The summed E-state index contributed by atoms with van der Waals surface area (Å²) in [6.45, 7) is 3.61. The molecule has 4 nitrogen and oxygen atoms in total. The highest BCUT2D eigenvalue weighted by molar-refractivity contribution is 7.91. The van der Waals surface area contributed by atoms with Crippen LogP contribution in [0.15, 0.2) is 46.2 Å². The van der Waals surface area contributed by atoms with Gasteiger partial charge >= 0.3 is 0 Å². The Morgan fingerprint density at radius 1 is 0.895 bits per heavy atom. The fraction of sp³-hybridized carbons (Fsp3) is 0.143. The van der Waals surface area contributed by atoms with Crippen LogP contribution < -0.4 is 0 Å². The Labute approximate surface area is 111 Å². The third kappa shape index (κ3) is 2.42. The van der Waals surface area contributed by atoms with E-state index in [9.17, 15) is 18.6 Å². The molecule has 100 valence electrons. The van der Waals surface area contributed by atoms with E-state index in [4.69, 9.17) is 0 Å². The van der Waals surface area contributed by atoms with Gasteiger partial charge in [-0.1, -0.05) is 17.7 Å². The zero-order valence-corrected chi connectivity index (χ0v) is 11.4. The molecule has 0 aromatic heterocycles. The van der Waals surface area contributed by atoms with E-state index in [2.05, 4.69) is 0 Å². The van der Waals surface area contributed by atoms with E-state index in [1.165, 1.54) is 6.07 Å². The summed E-state index contributed by atoms with van der Waals surface area (Å²) < 4.78 is 24.9. The van der Waals surface area contributed by atoms with Crippen LogP contribution in [0.3, 0.4) is 0 Å². The van der Waals surface area contributed by atoms with E-state index < -0.39 is 15.6 Å². The highest BCUT2D eigenvalue weighted by Gasteiger charge is 2.21. The smallest absolute Gasteiger partial charge is 0.206 e. The summed E-state index contributed by atoms with van der Waals surface area (Å²) in [5.74, 6) is -0.801. The van der Waals surface area contributed by atoms with Gasteiger partial charge in [-0.15, -0.1) is 0 Å². The molecular weight excluding hydrogens is 264 g/mol. The Hall–Kier alpha value is -2.01. The zero-order chi connectivity index (χ0) is 14.2. The van der Waals surface area contributed by atoms with E-state index >= 15 is 0 Å². The number of rotatable bonds is 2.